The molecule has 1 heterocycles. The van der Waals surface area contributed by atoms with E-state index in [1.54, 1.807) is 11.8 Å². The number of methoxy groups -OCH3 is 1. The molecule has 0 aromatic heterocycles. The first-order valence-electron chi connectivity index (χ1n) is 24.0. The standard InChI is InChI=1S/C27H29NO11.C23H31Cl2NO3.3Na.H3O4P/c1-10-22(31)13(28)6-17(38-10)39-15-8-27(36,16(30)9-29)7-12-19(15)26(35)21-20(24(12)33)23(32)11-4-3-5-14(37-2)18(11)25(21)34;1-23-9-8-18-17-5-3-16(29-22(28)26(12-10-24)13-11-25)14-15(17)2-4-19(18)20(23)6-7-21(23)27;;;;1-5(2,3)4/h3-5,10,13,15,17,22,29,31,33,35-36H,6-9,28H2,1-2H3;3,5,14,18-21,27H,2,4,6-13H2,1H3;;;;(H3,1,2,3,4)/q;;3*+1;/p-3/t10-,13-,15-,17-,22+,27-;18-,19-,20+,21+,23+;;;;/m01..../s1. The average molecular weight is 1150 g/mol. The molecule has 11 atom stereocenters. The SMILES string of the molecule is COc1cccc2c1C(=O)c1c(O)c3c(c(O)c1C2=O)C[C@@](O)(C(=O)CO)C[C@@H]3O[C@H]1C[C@H](N)[C@H](O)[C@H](C)O1.C[C@]12CC[C@@H]3c4ccc(OC(=O)N(CCCl)CCCl)cc4CC[C@H]3[C@@H]1CC[C@@H]2O.O=P([O-])([O-])[O-].[Na+].[Na+].[Na+]. The van der Waals surface area contributed by atoms with Crippen molar-refractivity contribution in [3.63, 3.8) is 0 Å². The van der Waals surface area contributed by atoms with E-state index in [2.05, 4.69) is 13.0 Å². The number of aliphatic hydroxyl groups is 4. The van der Waals surface area contributed by atoms with Crippen molar-refractivity contribution in [3.8, 4) is 23.0 Å². The number of phenolic OH excluding ortho intramolecular Hbond substituents is 2. The van der Waals surface area contributed by atoms with Crippen LogP contribution in [0.3, 0.4) is 0 Å². The number of fused-ring (bicyclic) bond motifs is 8. The Morgan fingerprint density at radius 3 is 2.20 bits per heavy atom. The molecule has 0 radical (unpaired) electrons. The van der Waals surface area contributed by atoms with Gasteiger partial charge in [-0.3, -0.25) is 14.4 Å². The molecular weight excluding hydrogens is 1090 g/mol. The Labute approximate surface area is 516 Å². The Bertz CT molecular complexity index is 2640. The zero-order valence-electron chi connectivity index (χ0n) is 43.4. The molecule has 5 aliphatic carbocycles. The normalized spacial score (nSPS) is 28.6. The molecule has 2 saturated carbocycles. The van der Waals surface area contributed by atoms with Crippen molar-refractivity contribution in [1.82, 2.24) is 4.90 Å². The van der Waals surface area contributed by atoms with Gasteiger partial charge in [0.2, 0.25) is 5.78 Å². The fourth-order valence-electron chi connectivity index (χ4n) is 12.0. The number of hydrogen-bond acceptors (Lipinski definition) is 19. The minimum Gasteiger partial charge on any atom is -0.822 e. The van der Waals surface area contributed by atoms with Gasteiger partial charge >= 0.3 is 94.8 Å². The number of aryl methyl sites for hydroxylation is 1. The number of hydrogen-bond donors (Lipinski definition) is 7. The fourth-order valence-corrected chi connectivity index (χ4v) is 12.4. The number of ketones is 3. The van der Waals surface area contributed by atoms with Gasteiger partial charge in [0.15, 0.2) is 17.9 Å². The second-order valence-electron chi connectivity index (χ2n) is 19.8. The summed E-state index contributed by atoms with van der Waals surface area (Å²) in [4.78, 5) is 79.4. The van der Waals surface area contributed by atoms with E-state index in [0.29, 0.717) is 48.4 Å². The van der Waals surface area contributed by atoms with Gasteiger partial charge in [-0.25, -0.2) is 4.79 Å². The summed E-state index contributed by atoms with van der Waals surface area (Å²) in [6, 6.07) is 9.77. The van der Waals surface area contributed by atoms with Crippen molar-refractivity contribution in [1.29, 1.82) is 0 Å². The number of aromatic hydroxyl groups is 2. The van der Waals surface area contributed by atoms with E-state index in [-0.39, 0.29) is 135 Å². The van der Waals surface area contributed by atoms with Crippen LogP contribution in [0.5, 0.6) is 23.0 Å². The smallest absolute Gasteiger partial charge is 0.822 e. The van der Waals surface area contributed by atoms with Crippen LogP contribution in [0.4, 0.5) is 4.79 Å². The van der Waals surface area contributed by atoms with Crippen LogP contribution in [0, 0.1) is 17.3 Å². The molecule has 9 rings (SSSR count). The quantitative estimate of drug-likeness (QED) is 0.0336. The van der Waals surface area contributed by atoms with E-state index in [1.807, 2.05) is 12.1 Å². The number of phosphoric acid groups is 1. The van der Waals surface area contributed by atoms with E-state index in [4.69, 9.17) is 67.1 Å². The minimum atomic E-state index is -5.39. The third-order valence-corrected chi connectivity index (χ3v) is 16.0. The van der Waals surface area contributed by atoms with Gasteiger partial charge in [0.25, 0.3) is 0 Å². The molecule has 1 amide bonds. The molecule has 3 fully saturated rings. The number of carbonyl (C=O) groups is 4. The topological polar surface area (TPSA) is 342 Å². The zero-order valence-corrected chi connectivity index (χ0v) is 51.8. The molecule has 76 heavy (non-hydrogen) atoms. The maximum absolute atomic E-state index is 13.6. The molecular formula is C50H60Cl2N2Na3O18P. The number of carbonyl (C=O) groups excluding carboxylic acids is 4. The summed E-state index contributed by atoms with van der Waals surface area (Å²) in [6.07, 6.45) is 0.858. The summed E-state index contributed by atoms with van der Waals surface area (Å²) < 4.78 is 31.2. The number of phenols is 2. The van der Waals surface area contributed by atoms with Crippen molar-refractivity contribution in [2.24, 2.45) is 23.0 Å². The Hall–Kier alpha value is -1.25. The molecule has 6 aliphatic rings. The molecule has 0 spiro atoms. The summed E-state index contributed by atoms with van der Waals surface area (Å²) in [5, 5.41) is 64.2. The summed E-state index contributed by atoms with van der Waals surface area (Å²) in [5.41, 5.74) is 5.20. The number of nitrogens with two attached hydrogens (primary N) is 1. The van der Waals surface area contributed by atoms with Crippen LogP contribution in [0.2, 0.25) is 0 Å². The van der Waals surface area contributed by atoms with Crippen molar-refractivity contribution in [3.05, 3.63) is 80.9 Å². The third kappa shape index (κ3) is 14.0. The first-order valence-corrected chi connectivity index (χ1v) is 26.5. The Kier molecular flexibility index (Phi) is 24.5. The Morgan fingerprint density at radius 2 is 1.59 bits per heavy atom. The Balaban J connectivity index is 0.000000300. The van der Waals surface area contributed by atoms with E-state index in [0.717, 1.165) is 38.5 Å². The summed E-state index contributed by atoms with van der Waals surface area (Å²) >= 11 is 11.6. The van der Waals surface area contributed by atoms with E-state index in [9.17, 15) is 49.8 Å². The van der Waals surface area contributed by atoms with Crippen molar-refractivity contribution < 1.29 is 177 Å². The van der Waals surface area contributed by atoms with Gasteiger partial charge in [0, 0.05) is 66.8 Å². The molecule has 0 bridgehead atoms. The molecule has 3 aromatic carbocycles. The van der Waals surface area contributed by atoms with Crippen LogP contribution < -0.4 is 119 Å². The van der Waals surface area contributed by atoms with Crippen LogP contribution in [0.15, 0.2) is 36.4 Å². The first kappa shape index (κ1) is 67.3. The van der Waals surface area contributed by atoms with Crippen LogP contribution in [0.25, 0.3) is 0 Å². The Morgan fingerprint density at radius 1 is 0.947 bits per heavy atom. The van der Waals surface area contributed by atoms with E-state index in [1.165, 1.54) is 36.4 Å². The van der Waals surface area contributed by atoms with Gasteiger partial charge in [-0.1, -0.05) is 25.1 Å². The third-order valence-electron chi connectivity index (χ3n) is 15.6. The molecule has 1 aliphatic heterocycles. The maximum Gasteiger partial charge on any atom is 1.00 e. The number of ether oxygens (including phenoxy) is 4. The average Bonchev–Trinajstić information content (AvgIpc) is 3.65. The van der Waals surface area contributed by atoms with Gasteiger partial charge in [-0.05, 0) is 97.9 Å². The number of benzene rings is 3. The molecule has 400 valence electrons. The molecule has 1 saturated heterocycles. The van der Waals surface area contributed by atoms with Gasteiger partial charge in [0.1, 0.15) is 35.2 Å². The molecule has 3 aromatic rings. The predicted molar refractivity (Wildman–Crippen MR) is 255 cm³/mol. The summed E-state index contributed by atoms with van der Waals surface area (Å²) in [6.45, 7) is 3.71. The largest absolute Gasteiger partial charge is 1.00 e. The van der Waals surface area contributed by atoms with Crippen LogP contribution in [0.1, 0.15) is 125 Å². The van der Waals surface area contributed by atoms with Gasteiger partial charge < -0.3 is 79.5 Å². The molecule has 8 N–H and O–H groups in total. The van der Waals surface area contributed by atoms with Gasteiger partial charge in [0.05, 0.1) is 48.2 Å². The molecule has 26 heteroatoms. The predicted octanol–water partition coefficient (Wildman–Crippen LogP) is -6.63. The molecule has 20 nitrogen and oxygen atoms in total. The van der Waals surface area contributed by atoms with Crippen molar-refractivity contribution >= 4 is 54.5 Å². The number of amides is 1. The zero-order chi connectivity index (χ0) is 53.5. The van der Waals surface area contributed by atoms with Crippen molar-refractivity contribution in [2.45, 2.75) is 120 Å². The number of aliphatic hydroxyl groups excluding tert-OH is 3. The van der Waals surface area contributed by atoms with Gasteiger partial charge in [-0.15, -0.1) is 23.2 Å². The fraction of sp³-hybridized carbons (Fsp3) is 0.560. The first-order chi connectivity index (χ1) is 34.4. The summed E-state index contributed by atoms with van der Waals surface area (Å²) in [5.74, 6) is -0.615. The summed E-state index contributed by atoms with van der Waals surface area (Å²) in [7, 11) is -4.07. The number of halogens is 2. The van der Waals surface area contributed by atoms with Crippen molar-refractivity contribution in [2.75, 3.05) is 38.6 Å². The second-order valence-corrected chi connectivity index (χ2v) is 21.4. The van der Waals surface area contributed by atoms with Gasteiger partial charge in [-0.2, -0.15) is 7.82 Å². The molecule has 0 unspecified atom stereocenters. The van der Waals surface area contributed by atoms with E-state index >= 15 is 0 Å². The maximum atomic E-state index is 13.6. The number of rotatable bonds is 10. The second kappa shape index (κ2) is 27.7. The van der Waals surface area contributed by atoms with Crippen LogP contribution >= 0.6 is 31.0 Å². The van der Waals surface area contributed by atoms with E-state index < -0.39 is 110 Å². The van der Waals surface area contributed by atoms with Crippen LogP contribution in [-0.2, 0) is 31.7 Å². The number of Topliss-reactive ketones (excluding diaryl/α,β-unsaturated/α-hetero) is 1. The number of nitrogens with zero attached hydrogens (tertiary/aromatic N) is 1. The number of alkyl halides is 2. The monoisotopic (exact) mass is 1150 g/mol. The minimum absolute atomic E-state index is 0. The van der Waals surface area contributed by atoms with Crippen LogP contribution in [-0.4, -0.2) is 134 Å².